The fourth-order valence-corrected chi connectivity index (χ4v) is 5.34. The SMILES string of the molecule is Cc1cc(C)c(S(=O)(=O)Nc2ccc(Nc3cc(Nc4ccccn4)nc(C)n3)cc2)c(C)c1. The lowest BCUT2D eigenvalue weighted by atomic mass is 10.1. The van der Waals surface area contributed by atoms with E-state index in [1.807, 2.05) is 58.0 Å². The highest BCUT2D eigenvalue weighted by molar-refractivity contribution is 7.92. The number of hydrogen-bond donors (Lipinski definition) is 3. The van der Waals surface area contributed by atoms with Crippen molar-refractivity contribution in [3.05, 3.63) is 89.4 Å². The van der Waals surface area contributed by atoms with E-state index in [1.54, 1.807) is 36.5 Å². The van der Waals surface area contributed by atoms with Gasteiger partial charge in [0.1, 0.15) is 23.3 Å². The summed E-state index contributed by atoms with van der Waals surface area (Å²) >= 11 is 0. The Balaban J connectivity index is 1.49. The van der Waals surface area contributed by atoms with E-state index >= 15 is 0 Å². The van der Waals surface area contributed by atoms with E-state index in [1.165, 1.54) is 0 Å². The third-order valence-electron chi connectivity index (χ3n) is 5.04. The number of rotatable bonds is 7. The number of pyridine rings is 1. The third kappa shape index (κ3) is 5.49. The molecule has 9 heteroatoms. The van der Waals surface area contributed by atoms with Gasteiger partial charge in [0, 0.05) is 23.6 Å². The highest BCUT2D eigenvalue weighted by atomic mass is 32.2. The molecular weight excluding hydrogens is 448 g/mol. The van der Waals surface area contributed by atoms with Crippen LogP contribution in [0.3, 0.4) is 0 Å². The van der Waals surface area contributed by atoms with E-state index in [0.717, 1.165) is 22.4 Å². The lowest BCUT2D eigenvalue weighted by Gasteiger charge is -2.14. The first-order chi connectivity index (χ1) is 16.2. The van der Waals surface area contributed by atoms with Crippen molar-refractivity contribution in [3.8, 4) is 0 Å². The van der Waals surface area contributed by atoms with Gasteiger partial charge < -0.3 is 10.6 Å². The Labute approximate surface area is 199 Å². The molecule has 2 heterocycles. The van der Waals surface area contributed by atoms with Crippen molar-refractivity contribution < 1.29 is 8.42 Å². The lowest BCUT2D eigenvalue weighted by molar-refractivity contribution is 0.600. The molecule has 2 aromatic heterocycles. The third-order valence-corrected chi connectivity index (χ3v) is 6.73. The van der Waals surface area contributed by atoms with Gasteiger partial charge in [-0.05, 0) is 75.2 Å². The lowest BCUT2D eigenvalue weighted by Crippen LogP contribution is -2.16. The summed E-state index contributed by atoms with van der Waals surface area (Å²) in [6.45, 7) is 7.37. The van der Waals surface area contributed by atoms with Crippen LogP contribution in [0.4, 0.5) is 28.8 Å². The zero-order chi connectivity index (χ0) is 24.3. The minimum atomic E-state index is -3.71. The van der Waals surface area contributed by atoms with Crippen LogP contribution < -0.4 is 15.4 Å². The summed E-state index contributed by atoms with van der Waals surface area (Å²) in [7, 11) is -3.71. The zero-order valence-electron chi connectivity index (χ0n) is 19.4. The molecule has 0 aliphatic rings. The van der Waals surface area contributed by atoms with E-state index in [-0.39, 0.29) is 0 Å². The minimum absolute atomic E-state index is 0.310. The molecule has 0 fully saturated rings. The summed E-state index contributed by atoms with van der Waals surface area (Å²) in [4.78, 5) is 13.4. The van der Waals surface area contributed by atoms with Crippen LogP contribution >= 0.6 is 0 Å². The van der Waals surface area contributed by atoms with Gasteiger partial charge in [-0.15, -0.1) is 0 Å². The van der Waals surface area contributed by atoms with Crippen molar-refractivity contribution in [2.45, 2.75) is 32.6 Å². The van der Waals surface area contributed by atoms with Crippen molar-refractivity contribution >= 4 is 38.9 Å². The fraction of sp³-hybridized carbons (Fsp3) is 0.160. The molecular formula is C25H26N6O2S. The summed E-state index contributed by atoms with van der Waals surface area (Å²) in [6.07, 6.45) is 1.70. The average Bonchev–Trinajstić information content (AvgIpc) is 2.74. The molecule has 0 spiro atoms. The van der Waals surface area contributed by atoms with E-state index in [9.17, 15) is 8.42 Å². The van der Waals surface area contributed by atoms with Gasteiger partial charge in [-0.25, -0.2) is 23.4 Å². The Hall–Kier alpha value is -3.98. The Bertz CT molecular complexity index is 1400. The van der Waals surface area contributed by atoms with Crippen LogP contribution in [-0.2, 0) is 10.0 Å². The molecule has 0 amide bonds. The number of anilines is 5. The van der Waals surface area contributed by atoms with Crippen LogP contribution in [0.1, 0.15) is 22.5 Å². The molecule has 4 rings (SSSR count). The van der Waals surface area contributed by atoms with E-state index < -0.39 is 10.0 Å². The Kier molecular flexibility index (Phi) is 6.47. The monoisotopic (exact) mass is 474 g/mol. The van der Waals surface area contributed by atoms with Gasteiger partial charge in [-0.3, -0.25) is 4.72 Å². The first-order valence-electron chi connectivity index (χ1n) is 10.7. The van der Waals surface area contributed by atoms with Gasteiger partial charge in [0.15, 0.2) is 0 Å². The van der Waals surface area contributed by atoms with Crippen molar-refractivity contribution in [1.82, 2.24) is 15.0 Å². The molecule has 3 N–H and O–H groups in total. The van der Waals surface area contributed by atoms with Crippen LogP contribution in [-0.4, -0.2) is 23.4 Å². The van der Waals surface area contributed by atoms with Gasteiger partial charge in [0.25, 0.3) is 10.0 Å². The maximum Gasteiger partial charge on any atom is 0.262 e. The van der Waals surface area contributed by atoms with Crippen LogP contribution in [0.15, 0.2) is 71.8 Å². The Morgan fingerprint density at radius 1 is 0.706 bits per heavy atom. The van der Waals surface area contributed by atoms with Crippen LogP contribution in [0, 0.1) is 27.7 Å². The second-order valence-corrected chi connectivity index (χ2v) is 9.68. The molecule has 0 bridgehead atoms. The Morgan fingerprint density at radius 3 is 1.94 bits per heavy atom. The van der Waals surface area contributed by atoms with Gasteiger partial charge in [-0.1, -0.05) is 23.8 Å². The van der Waals surface area contributed by atoms with Crippen LogP contribution in [0.5, 0.6) is 0 Å². The second kappa shape index (κ2) is 9.48. The van der Waals surface area contributed by atoms with Gasteiger partial charge in [-0.2, -0.15) is 0 Å². The van der Waals surface area contributed by atoms with E-state index in [4.69, 9.17) is 0 Å². The predicted octanol–water partition coefficient (Wildman–Crippen LogP) is 5.39. The van der Waals surface area contributed by atoms with Crippen LogP contribution in [0.25, 0.3) is 0 Å². The summed E-state index contributed by atoms with van der Waals surface area (Å²) < 4.78 is 28.7. The molecule has 0 radical (unpaired) electrons. The molecule has 0 aliphatic heterocycles. The number of aromatic nitrogens is 3. The molecule has 8 nitrogen and oxygen atoms in total. The highest BCUT2D eigenvalue weighted by Crippen LogP contribution is 2.26. The molecule has 0 atom stereocenters. The minimum Gasteiger partial charge on any atom is -0.340 e. The molecule has 2 aromatic carbocycles. The molecule has 0 unspecified atom stereocenters. The first kappa shape index (κ1) is 23.2. The Morgan fingerprint density at radius 2 is 1.32 bits per heavy atom. The summed E-state index contributed by atoms with van der Waals surface area (Å²) in [6, 6.07) is 18.1. The standard InChI is InChI=1S/C25H26N6O2S/c1-16-13-17(2)25(18(3)14-16)34(32,33)31-21-10-8-20(9-11-21)29-23-15-24(28-19(4)27-23)30-22-7-5-6-12-26-22/h5-15,31H,1-4H3,(H2,26,27,28,29,30). The highest BCUT2D eigenvalue weighted by Gasteiger charge is 2.20. The zero-order valence-corrected chi connectivity index (χ0v) is 20.2. The number of benzene rings is 2. The molecule has 0 aliphatic carbocycles. The maximum atomic E-state index is 13.0. The first-order valence-corrected chi connectivity index (χ1v) is 12.2. The number of sulfonamides is 1. The molecule has 34 heavy (non-hydrogen) atoms. The molecule has 174 valence electrons. The van der Waals surface area contributed by atoms with Gasteiger partial charge in [0.2, 0.25) is 0 Å². The van der Waals surface area contributed by atoms with Crippen molar-refractivity contribution in [2.75, 3.05) is 15.4 Å². The van der Waals surface area contributed by atoms with Crippen molar-refractivity contribution in [3.63, 3.8) is 0 Å². The number of nitrogens with zero attached hydrogens (tertiary/aromatic N) is 3. The van der Waals surface area contributed by atoms with Gasteiger partial charge in [0.05, 0.1) is 4.90 Å². The normalized spacial score (nSPS) is 11.2. The predicted molar refractivity (Wildman–Crippen MR) is 135 cm³/mol. The number of nitrogens with one attached hydrogen (secondary N) is 3. The van der Waals surface area contributed by atoms with E-state index in [2.05, 4.69) is 30.3 Å². The van der Waals surface area contributed by atoms with Gasteiger partial charge >= 0.3 is 0 Å². The number of aryl methyl sites for hydroxylation is 4. The second-order valence-electron chi connectivity index (χ2n) is 8.06. The van der Waals surface area contributed by atoms with Crippen LogP contribution in [0.2, 0.25) is 0 Å². The molecule has 0 saturated heterocycles. The average molecular weight is 475 g/mol. The molecule has 4 aromatic rings. The topological polar surface area (TPSA) is 109 Å². The fourth-order valence-electron chi connectivity index (χ4n) is 3.83. The summed E-state index contributed by atoms with van der Waals surface area (Å²) in [5.74, 6) is 2.49. The van der Waals surface area contributed by atoms with Crippen molar-refractivity contribution in [1.29, 1.82) is 0 Å². The smallest absolute Gasteiger partial charge is 0.262 e. The largest absolute Gasteiger partial charge is 0.340 e. The summed E-state index contributed by atoms with van der Waals surface area (Å²) in [5.41, 5.74) is 3.70. The summed E-state index contributed by atoms with van der Waals surface area (Å²) in [5, 5.41) is 6.38. The van der Waals surface area contributed by atoms with E-state index in [0.29, 0.717) is 33.9 Å². The van der Waals surface area contributed by atoms with Crippen molar-refractivity contribution in [2.24, 2.45) is 0 Å². The molecule has 0 saturated carbocycles. The maximum absolute atomic E-state index is 13.0. The quantitative estimate of drug-likeness (QED) is 0.329. The number of hydrogen-bond acceptors (Lipinski definition) is 7.